The highest BCUT2D eigenvalue weighted by Crippen LogP contribution is 2.38. The summed E-state index contributed by atoms with van der Waals surface area (Å²) < 4.78 is 21.6. The number of hydrogen-bond acceptors (Lipinski definition) is 6. The summed E-state index contributed by atoms with van der Waals surface area (Å²) in [4.78, 5) is 12.5. The molecule has 7 nitrogen and oxygen atoms in total. The molecule has 154 valence electrons. The summed E-state index contributed by atoms with van der Waals surface area (Å²) in [7, 11) is 4.48. The first kappa shape index (κ1) is 20.7. The lowest BCUT2D eigenvalue weighted by molar-refractivity contribution is 0.0954. The van der Waals surface area contributed by atoms with Gasteiger partial charge < -0.3 is 18.9 Å². The predicted octanol–water partition coefficient (Wildman–Crippen LogP) is 4.27. The van der Waals surface area contributed by atoms with Crippen molar-refractivity contribution < 1.29 is 23.7 Å². The van der Waals surface area contributed by atoms with E-state index in [1.54, 1.807) is 12.1 Å². The Hall–Kier alpha value is -4.00. The molecule has 1 amide bonds. The number of carbonyl (C=O) groups is 1. The van der Waals surface area contributed by atoms with Gasteiger partial charge in [-0.3, -0.25) is 4.79 Å². The lowest BCUT2D eigenvalue weighted by atomic mass is 10.1. The van der Waals surface area contributed by atoms with Gasteiger partial charge in [0.25, 0.3) is 5.91 Å². The van der Waals surface area contributed by atoms with Crippen LogP contribution in [0.1, 0.15) is 15.9 Å². The third kappa shape index (κ3) is 5.08. The average molecular weight is 406 g/mol. The van der Waals surface area contributed by atoms with Gasteiger partial charge in [-0.15, -0.1) is 0 Å². The summed E-state index contributed by atoms with van der Waals surface area (Å²) in [5.74, 6) is 2.18. The van der Waals surface area contributed by atoms with Crippen LogP contribution in [0.5, 0.6) is 28.7 Å². The number of hydrazone groups is 1. The Labute approximate surface area is 174 Å². The largest absolute Gasteiger partial charge is 0.493 e. The van der Waals surface area contributed by atoms with Crippen LogP contribution in [0.4, 0.5) is 0 Å². The quantitative estimate of drug-likeness (QED) is 0.447. The molecule has 0 saturated carbocycles. The molecule has 0 heterocycles. The molecule has 3 aromatic rings. The van der Waals surface area contributed by atoms with Crippen molar-refractivity contribution in [3.63, 3.8) is 0 Å². The zero-order chi connectivity index (χ0) is 21.3. The molecule has 0 spiro atoms. The van der Waals surface area contributed by atoms with E-state index < -0.39 is 5.91 Å². The monoisotopic (exact) mass is 406 g/mol. The van der Waals surface area contributed by atoms with Crippen LogP contribution in [0, 0.1) is 0 Å². The Morgan fingerprint density at radius 2 is 1.50 bits per heavy atom. The number of ether oxygens (including phenoxy) is 4. The van der Waals surface area contributed by atoms with Crippen LogP contribution in [0.15, 0.2) is 71.8 Å². The number of hydrogen-bond donors (Lipinski definition) is 1. The van der Waals surface area contributed by atoms with E-state index >= 15 is 0 Å². The Morgan fingerprint density at radius 3 is 2.13 bits per heavy atom. The smallest absolute Gasteiger partial charge is 0.271 e. The molecule has 0 bridgehead atoms. The normalized spacial score (nSPS) is 10.5. The van der Waals surface area contributed by atoms with Gasteiger partial charge in [-0.05, 0) is 42.0 Å². The van der Waals surface area contributed by atoms with E-state index in [0.717, 1.165) is 11.3 Å². The van der Waals surface area contributed by atoms with Crippen molar-refractivity contribution in [2.24, 2.45) is 5.10 Å². The summed E-state index contributed by atoms with van der Waals surface area (Å²) >= 11 is 0. The second-order valence-electron chi connectivity index (χ2n) is 6.10. The number of methoxy groups -OCH3 is 3. The Balaban J connectivity index is 1.69. The fourth-order valence-corrected chi connectivity index (χ4v) is 2.73. The van der Waals surface area contributed by atoms with Gasteiger partial charge in [0.15, 0.2) is 11.5 Å². The number of nitrogens with one attached hydrogen (secondary N) is 1. The van der Waals surface area contributed by atoms with E-state index in [2.05, 4.69) is 10.5 Å². The molecular weight excluding hydrogens is 384 g/mol. The molecule has 3 rings (SSSR count). The highest BCUT2D eigenvalue weighted by Gasteiger charge is 2.16. The van der Waals surface area contributed by atoms with Crippen molar-refractivity contribution in [1.82, 2.24) is 5.43 Å². The van der Waals surface area contributed by atoms with Gasteiger partial charge in [0.1, 0.15) is 11.5 Å². The third-order valence-electron chi connectivity index (χ3n) is 4.14. The Bertz CT molecular complexity index is 1010. The summed E-state index contributed by atoms with van der Waals surface area (Å²) in [5, 5.41) is 4.03. The first-order valence-corrected chi connectivity index (χ1v) is 9.11. The summed E-state index contributed by atoms with van der Waals surface area (Å²) in [6.07, 6.45) is 1.54. The molecule has 30 heavy (non-hydrogen) atoms. The van der Waals surface area contributed by atoms with E-state index in [4.69, 9.17) is 18.9 Å². The van der Waals surface area contributed by atoms with Gasteiger partial charge in [0, 0.05) is 5.56 Å². The van der Waals surface area contributed by atoms with Crippen molar-refractivity contribution in [2.45, 2.75) is 0 Å². The Morgan fingerprint density at radius 1 is 0.833 bits per heavy atom. The maximum Gasteiger partial charge on any atom is 0.271 e. The SMILES string of the molecule is COc1cc(C(=O)N/N=C/c2cccc(Oc3ccccc3)c2)cc(OC)c1OC. The van der Waals surface area contributed by atoms with Crippen molar-refractivity contribution >= 4 is 12.1 Å². The number of carbonyl (C=O) groups excluding carboxylic acids is 1. The van der Waals surface area contributed by atoms with Crippen LogP contribution >= 0.6 is 0 Å². The topological polar surface area (TPSA) is 78.4 Å². The first-order valence-electron chi connectivity index (χ1n) is 9.11. The van der Waals surface area contributed by atoms with Crippen LogP contribution in [0.3, 0.4) is 0 Å². The lowest BCUT2D eigenvalue weighted by Gasteiger charge is -2.13. The molecule has 0 aliphatic rings. The highest BCUT2D eigenvalue weighted by atomic mass is 16.5. The fourth-order valence-electron chi connectivity index (χ4n) is 2.73. The molecule has 0 radical (unpaired) electrons. The fraction of sp³-hybridized carbons (Fsp3) is 0.130. The summed E-state index contributed by atoms with van der Waals surface area (Å²) in [6.45, 7) is 0. The number of para-hydroxylation sites is 1. The molecule has 1 N–H and O–H groups in total. The molecule has 0 aliphatic carbocycles. The second-order valence-corrected chi connectivity index (χ2v) is 6.10. The third-order valence-corrected chi connectivity index (χ3v) is 4.14. The average Bonchev–Trinajstić information content (AvgIpc) is 2.78. The summed E-state index contributed by atoms with van der Waals surface area (Å²) in [5.41, 5.74) is 3.59. The van der Waals surface area contributed by atoms with E-state index in [1.807, 2.05) is 54.6 Å². The minimum atomic E-state index is -0.415. The number of amides is 1. The van der Waals surface area contributed by atoms with Crippen molar-refractivity contribution in [3.05, 3.63) is 77.9 Å². The van der Waals surface area contributed by atoms with Gasteiger partial charge in [-0.2, -0.15) is 5.10 Å². The van der Waals surface area contributed by atoms with Crippen LogP contribution in [0.2, 0.25) is 0 Å². The number of benzene rings is 3. The highest BCUT2D eigenvalue weighted by molar-refractivity contribution is 5.96. The molecule has 0 aromatic heterocycles. The molecule has 3 aromatic carbocycles. The van der Waals surface area contributed by atoms with E-state index in [0.29, 0.717) is 28.6 Å². The van der Waals surface area contributed by atoms with Crippen LogP contribution < -0.4 is 24.4 Å². The van der Waals surface area contributed by atoms with E-state index in [-0.39, 0.29) is 0 Å². The molecule has 0 unspecified atom stereocenters. The van der Waals surface area contributed by atoms with Crippen LogP contribution in [0.25, 0.3) is 0 Å². The van der Waals surface area contributed by atoms with Gasteiger partial charge in [0.2, 0.25) is 5.75 Å². The molecule has 0 fully saturated rings. The van der Waals surface area contributed by atoms with Gasteiger partial charge in [0.05, 0.1) is 27.5 Å². The van der Waals surface area contributed by atoms with Gasteiger partial charge in [-0.25, -0.2) is 5.43 Å². The van der Waals surface area contributed by atoms with Gasteiger partial charge >= 0.3 is 0 Å². The maximum atomic E-state index is 12.5. The van der Waals surface area contributed by atoms with E-state index in [1.165, 1.54) is 27.5 Å². The molecule has 7 heteroatoms. The van der Waals surface area contributed by atoms with Crippen LogP contribution in [-0.4, -0.2) is 33.5 Å². The second kappa shape index (κ2) is 9.97. The number of nitrogens with zero attached hydrogens (tertiary/aromatic N) is 1. The minimum Gasteiger partial charge on any atom is -0.493 e. The molecule has 0 saturated heterocycles. The summed E-state index contributed by atoms with van der Waals surface area (Å²) in [6, 6.07) is 20.0. The maximum absolute atomic E-state index is 12.5. The van der Waals surface area contributed by atoms with Crippen molar-refractivity contribution in [2.75, 3.05) is 21.3 Å². The zero-order valence-corrected chi connectivity index (χ0v) is 16.9. The molecule has 0 aliphatic heterocycles. The first-order chi connectivity index (χ1) is 14.6. The Kier molecular flexibility index (Phi) is 6.89. The van der Waals surface area contributed by atoms with Crippen molar-refractivity contribution in [1.29, 1.82) is 0 Å². The minimum absolute atomic E-state index is 0.322. The molecule has 0 atom stereocenters. The van der Waals surface area contributed by atoms with Crippen molar-refractivity contribution in [3.8, 4) is 28.7 Å². The number of rotatable bonds is 8. The van der Waals surface area contributed by atoms with Crippen LogP contribution in [-0.2, 0) is 0 Å². The molecular formula is C23H22N2O5. The zero-order valence-electron chi connectivity index (χ0n) is 16.9. The standard InChI is InChI=1S/C23H22N2O5/c1-27-20-13-17(14-21(28-2)22(20)29-3)23(26)25-24-15-16-8-7-11-19(12-16)30-18-9-5-4-6-10-18/h4-15H,1-3H3,(H,25,26)/b24-15+. The van der Waals surface area contributed by atoms with E-state index in [9.17, 15) is 4.79 Å². The predicted molar refractivity (Wildman–Crippen MR) is 114 cm³/mol. The van der Waals surface area contributed by atoms with Gasteiger partial charge in [-0.1, -0.05) is 30.3 Å². The lowest BCUT2D eigenvalue weighted by Crippen LogP contribution is -2.18.